The van der Waals surface area contributed by atoms with E-state index in [-0.39, 0.29) is 12.5 Å². The fraction of sp³-hybridized carbons (Fsp3) is 0.238. The number of aromatic nitrogens is 2. The Balaban J connectivity index is 2.03. The van der Waals surface area contributed by atoms with E-state index < -0.39 is 0 Å². The van der Waals surface area contributed by atoms with Gasteiger partial charge in [-0.3, -0.25) is 4.79 Å². The third kappa shape index (κ3) is 4.35. The minimum atomic E-state index is -0.223. The molecule has 0 aliphatic carbocycles. The van der Waals surface area contributed by atoms with Crippen molar-refractivity contribution in [2.45, 2.75) is 13.3 Å². The summed E-state index contributed by atoms with van der Waals surface area (Å²) in [6.07, 6.45) is 2.24. The van der Waals surface area contributed by atoms with E-state index in [1.165, 1.54) is 0 Å². The van der Waals surface area contributed by atoms with E-state index in [1.54, 1.807) is 18.0 Å². The summed E-state index contributed by atoms with van der Waals surface area (Å²) in [4.78, 5) is 12.7. The quantitative estimate of drug-likeness (QED) is 0.631. The number of aryl methyl sites for hydroxylation is 1. The number of methoxy groups -OCH3 is 1. The van der Waals surface area contributed by atoms with E-state index in [4.69, 9.17) is 9.84 Å². The van der Waals surface area contributed by atoms with Crippen molar-refractivity contribution in [3.8, 4) is 22.7 Å². The maximum absolute atomic E-state index is 12.7. The second-order valence-electron chi connectivity index (χ2n) is 6.24. The zero-order valence-corrected chi connectivity index (χ0v) is 15.5. The van der Waals surface area contributed by atoms with Crippen LogP contribution < -0.4 is 10.1 Å². The van der Waals surface area contributed by atoms with Gasteiger partial charge in [0, 0.05) is 24.9 Å². The van der Waals surface area contributed by atoms with Crippen LogP contribution in [0.1, 0.15) is 22.3 Å². The molecule has 0 saturated heterocycles. The largest absolute Gasteiger partial charge is 0.497 e. The highest BCUT2D eigenvalue weighted by Gasteiger charge is 2.19. The molecular weight excluding hydrogens is 342 g/mol. The maximum atomic E-state index is 12.7. The van der Waals surface area contributed by atoms with Crippen molar-refractivity contribution in [1.29, 1.82) is 0 Å². The van der Waals surface area contributed by atoms with Crippen molar-refractivity contribution in [2.75, 3.05) is 20.3 Å². The second kappa shape index (κ2) is 8.51. The Hall–Kier alpha value is -3.12. The zero-order chi connectivity index (χ0) is 19.2. The van der Waals surface area contributed by atoms with Gasteiger partial charge in [0.15, 0.2) is 0 Å². The molecule has 6 nitrogen and oxygen atoms in total. The van der Waals surface area contributed by atoms with Crippen LogP contribution in [-0.4, -0.2) is 41.1 Å². The van der Waals surface area contributed by atoms with E-state index in [2.05, 4.69) is 10.4 Å². The number of nitrogens with one attached hydrogen (secondary N) is 1. The molecule has 0 atom stereocenters. The van der Waals surface area contributed by atoms with Gasteiger partial charge in [-0.2, -0.15) is 5.10 Å². The topological polar surface area (TPSA) is 76.4 Å². The van der Waals surface area contributed by atoms with Crippen molar-refractivity contribution in [2.24, 2.45) is 0 Å². The Morgan fingerprint density at radius 2 is 2.00 bits per heavy atom. The number of carbonyl (C=O) groups excluding carboxylic acids is 1. The van der Waals surface area contributed by atoms with Crippen molar-refractivity contribution in [1.82, 2.24) is 15.1 Å². The van der Waals surface area contributed by atoms with Crippen LogP contribution in [-0.2, 0) is 0 Å². The lowest BCUT2D eigenvalue weighted by Gasteiger charge is -2.06. The van der Waals surface area contributed by atoms with Crippen molar-refractivity contribution in [3.63, 3.8) is 0 Å². The lowest BCUT2D eigenvalue weighted by Crippen LogP contribution is -2.25. The predicted octanol–water partition coefficient (Wildman–Crippen LogP) is 2.97. The van der Waals surface area contributed by atoms with E-state index in [0.29, 0.717) is 30.0 Å². The van der Waals surface area contributed by atoms with Gasteiger partial charge in [0.25, 0.3) is 5.91 Å². The Kier molecular flexibility index (Phi) is 5.88. The second-order valence-corrected chi connectivity index (χ2v) is 6.24. The van der Waals surface area contributed by atoms with Crippen LogP contribution >= 0.6 is 0 Å². The normalized spacial score (nSPS) is 10.6. The highest BCUT2D eigenvalue weighted by atomic mass is 16.5. The lowest BCUT2D eigenvalue weighted by atomic mass is 10.1. The van der Waals surface area contributed by atoms with Gasteiger partial charge in [-0.05, 0) is 37.6 Å². The van der Waals surface area contributed by atoms with Gasteiger partial charge in [-0.1, -0.05) is 29.8 Å². The minimum absolute atomic E-state index is 0.0334. The molecule has 0 spiro atoms. The van der Waals surface area contributed by atoms with E-state index in [0.717, 1.165) is 16.8 Å². The van der Waals surface area contributed by atoms with Crippen molar-refractivity contribution in [3.05, 3.63) is 65.9 Å². The molecule has 0 aliphatic rings. The van der Waals surface area contributed by atoms with Crippen LogP contribution in [0.2, 0.25) is 0 Å². The molecule has 0 saturated carbocycles. The van der Waals surface area contributed by atoms with Gasteiger partial charge in [0.2, 0.25) is 0 Å². The fourth-order valence-corrected chi connectivity index (χ4v) is 2.73. The molecule has 0 aliphatic heterocycles. The third-order valence-corrected chi connectivity index (χ3v) is 4.22. The number of rotatable bonds is 7. The molecule has 0 radical (unpaired) electrons. The number of ether oxygens (including phenoxy) is 1. The predicted molar refractivity (Wildman–Crippen MR) is 104 cm³/mol. The SMILES string of the molecule is COc1cccc(-c2nn(-c3ccc(C)cc3)cc2C(=O)NCCCO)c1. The standard InChI is InChI=1S/C21H23N3O3/c1-15-7-9-17(10-8-15)24-14-19(21(26)22-11-4-12-25)20(23-24)16-5-3-6-18(13-16)27-2/h3,5-10,13-14,25H,4,11-12H2,1-2H3,(H,22,26). The number of benzene rings is 2. The molecule has 0 bridgehead atoms. The molecule has 6 heteroatoms. The zero-order valence-electron chi connectivity index (χ0n) is 15.5. The highest BCUT2D eigenvalue weighted by molar-refractivity contribution is 6.00. The lowest BCUT2D eigenvalue weighted by molar-refractivity contribution is 0.0952. The molecule has 3 rings (SSSR count). The van der Waals surface area contributed by atoms with Crippen LogP contribution in [0.25, 0.3) is 16.9 Å². The Morgan fingerprint density at radius 1 is 1.22 bits per heavy atom. The van der Waals surface area contributed by atoms with E-state index in [1.807, 2.05) is 55.5 Å². The summed E-state index contributed by atoms with van der Waals surface area (Å²) >= 11 is 0. The molecule has 0 fully saturated rings. The Bertz CT molecular complexity index is 917. The number of aliphatic hydroxyl groups is 1. The molecular formula is C21H23N3O3. The molecule has 2 aromatic carbocycles. The van der Waals surface area contributed by atoms with Gasteiger partial charge in [0.1, 0.15) is 11.4 Å². The van der Waals surface area contributed by atoms with E-state index in [9.17, 15) is 4.79 Å². The molecule has 1 heterocycles. The number of hydrogen-bond donors (Lipinski definition) is 2. The summed E-state index contributed by atoms with van der Waals surface area (Å²) in [5, 5.41) is 16.4. The average Bonchev–Trinajstić information content (AvgIpc) is 3.14. The van der Waals surface area contributed by atoms with Crippen molar-refractivity contribution >= 4 is 5.91 Å². The highest BCUT2D eigenvalue weighted by Crippen LogP contribution is 2.27. The number of nitrogens with zero attached hydrogens (tertiary/aromatic N) is 2. The first kappa shape index (κ1) is 18.7. The maximum Gasteiger partial charge on any atom is 0.255 e. The number of hydrogen-bond acceptors (Lipinski definition) is 4. The van der Waals surface area contributed by atoms with Crippen LogP contribution in [0.4, 0.5) is 0 Å². The number of aliphatic hydroxyl groups excluding tert-OH is 1. The van der Waals surface area contributed by atoms with Crippen LogP contribution in [0, 0.1) is 6.92 Å². The number of amides is 1. The summed E-state index contributed by atoms with van der Waals surface area (Å²) in [6.45, 7) is 2.46. The molecule has 2 N–H and O–H groups in total. The van der Waals surface area contributed by atoms with Crippen LogP contribution in [0.15, 0.2) is 54.7 Å². The van der Waals surface area contributed by atoms with Gasteiger partial charge >= 0.3 is 0 Å². The smallest absolute Gasteiger partial charge is 0.255 e. The molecule has 0 unspecified atom stereocenters. The Morgan fingerprint density at radius 3 is 2.70 bits per heavy atom. The molecule has 27 heavy (non-hydrogen) atoms. The molecule has 1 aromatic heterocycles. The monoisotopic (exact) mass is 365 g/mol. The molecule has 1 amide bonds. The number of carbonyl (C=O) groups is 1. The summed E-state index contributed by atoms with van der Waals surface area (Å²) < 4.78 is 7.00. The summed E-state index contributed by atoms with van der Waals surface area (Å²) in [5.74, 6) is 0.476. The van der Waals surface area contributed by atoms with E-state index >= 15 is 0 Å². The van der Waals surface area contributed by atoms with Crippen LogP contribution in [0.5, 0.6) is 5.75 Å². The van der Waals surface area contributed by atoms with Gasteiger partial charge in [0.05, 0.1) is 18.4 Å². The van der Waals surface area contributed by atoms with Gasteiger partial charge < -0.3 is 15.2 Å². The first-order valence-corrected chi connectivity index (χ1v) is 8.82. The van der Waals surface area contributed by atoms with Crippen molar-refractivity contribution < 1.29 is 14.6 Å². The minimum Gasteiger partial charge on any atom is -0.497 e. The first-order valence-electron chi connectivity index (χ1n) is 8.82. The van der Waals surface area contributed by atoms with Gasteiger partial charge in [-0.25, -0.2) is 4.68 Å². The summed E-state index contributed by atoms with van der Waals surface area (Å²) in [6, 6.07) is 15.4. The molecule has 140 valence electrons. The third-order valence-electron chi connectivity index (χ3n) is 4.22. The fourth-order valence-electron chi connectivity index (χ4n) is 2.73. The summed E-state index contributed by atoms with van der Waals surface area (Å²) in [5.41, 5.74) is 3.88. The summed E-state index contributed by atoms with van der Waals surface area (Å²) in [7, 11) is 1.60. The van der Waals surface area contributed by atoms with Gasteiger partial charge in [-0.15, -0.1) is 0 Å². The molecule has 3 aromatic rings. The average molecular weight is 365 g/mol. The Labute approximate surface area is 158 Å². The first-order chi connectivity index (χ1) is 13.1. The van der Waals surface area contributed by atoms with Crippen LogP contribution in [0.3, 0.4) is 0 Å².